The van der Waals surface area contributed by atoms with Gasteiger partial charge in [0.1, 0.15) is 11.6 Å². The molecule has 2 aliphatic rings. The van der Waals surface area contributed by atoms with Crippen LogP contribution >= 0.6 is 0 Å². The molecule has 0 aromatic rings. The molecule has 2 fully saturated rings. The Kier molecular flexibility index (Phi) is 2.42. The van der Waals surface area contributed by atoms with Crippen LogP contribution in [0.2, 0.25) is 0 Å². The number of carbonyl (C=O) groups excluding carboxylic acids is 2. The molecule has 0 aromatic carbocycles. The zero-order chi connectivity index (χ0) is 11.1. The van der Waals surface area contributed by atoms with Crippen LogP contribution < -0.4 is 5.73 Å². The van der Waals surface area contributed by atoms with Gasteiger partial charge in [-0.2, -0.15) is 0 Å². The third kappa shape index (κ3) is 1.84. The van der Waals surface area contributed by atoms with Crippen molar-refractivity contribution in [2.75, 3.05) is 6.54 Å². The predicted octanol–water partition coefficient (Wildman–Crippen LogP) is -0.622. The molecule has 1 aliphatic heterocycles. The minimum atomic E-state index is -1.19. The molecular formula is C10H16N2O3. The molecule has 15 heavy (non-hydrogen) atoms. The lowest BCUT2D eigenvalue weighted by molar-refractivity contribution is -0.150. The summed E-state index contributed by atoms with van der Waals surface area (Å²) in [6.45, 7) is 0.536. The number of rotatable bonds is 2. The lowest BCUT2D eigenvalue weighted by Crippen LogP contribution is -2.54. The van der Waals surface area contributed by atoms with Crippen LogP contribution in [0.15, 0.2) is 0 Å². The number of nitrogens with two attached hydrogens (primary N) is 1. The van der Waals surface area contributed by atoms with Gasteiger partial charge in [-0.05, 0) is 32.1 Å². The van der Waals surface area contributed by atoms with Crippen LogP contribution in [-0.4, -0.2) is 40.0 Å². The number of hydrogen-bond donors (Lipinski definition) is 2. The summed E-state index contributed by atoms with van der Waals surface area (Å²) in [7, 11) is 0. The second kappa shape index (κ2) is 3.48. The molecule has 0 aromatic heterocycles. The summed E-state index contributed by atoms with van der Waals surface area (Å²) in [5.41, 5.74) is 4.06. The van der Waals surface area contributed by atoms with Crippen LogP contribution in [0.25, 0.3) is 0 Å². The molecule has 1 atom stereocenters. The van der Waals surface area contributed by atoms with Crippen molar-refractivity contribution in [3.63, 3.8) is 0 Å². The molecule has 0 radical (unpaired) electrons. The van der Waals surface area contributed by atoms with Crippen LogP contribution in [0.3, 0.4) is 0 Å². The molecule has 3 N–H and O–H groups in total. The van der Waals surface area contributed by atoms with Crippen LogP contribution in [0, 0.1) is 0 Å². The van der Waals surface area contributed by atoms with E-state index in [-0.39, 0.29) is 5.91 Å². The van der Waals surface area contributed by atoms with Crippen LogP contribution in [0.4, 0.5) is 0 Å². The first-order chi connectivity index (χ1) is 7.04. The number of hydrogen-bond acceptors (Lipinski definition) is 3. The van der Waals surface area contributed by atoms with Crippen molar-refractivity contribution in [1.82, 2.24) is 4.90 Å². The molecule has 2 rings (SSSR count). The Hall–Kier alpha value is -1.10. The number of aliphatic hydroxyl groups is 1. The molecule has 1 saturated carbocycles. The monoisotopic (exact) mass is 212 g/mol. The largest absolute Gasteiger partial charge is 0.380 e. The van der Waals surface area contributed by atoms with E-state index in [4.69, 9.17) is 5.73 Å². The Morgan fingerprint density at radius 2 is 2.00 bits per heavy atom. The summed E-state index contributed by atoms with van der Waals surface area (Å²) in [5, 5.41) is 9.71. The van der Waals surface area contributed by atoms with Crippen molar-refractivity contribution >= 4 is 11.8 Å². The molecule has 1 saturated heterocycles. The van der Waals surface area contributed by atoms with Gasteiger partial charge in [-0.25, -0.2) is 0 Å². The van der Waals surface area contributed by atoms with E-state index in [9.17, 15) is 14.7 Å². The Bertz CT molecular complexity index is 299. The smallest absolute Gasteiger partial charge is 0.255 e. The summed E-state index contributed by atoms with van der Waals surface area (Å²) >= 11 is 0. The molecule has 5 heteroatoms. The van der Waals surface area contributed by atoms with Gasteiger partial charge in [-0.15, -0.1) is 0 Å². The fourth-order valence-corrected chi connectivity index (χ4v) is 2.07. The molecule has 84 valence electrons. The van der Waals surface area contributed by atoms with Gasteiger partial charge in [0.25, 0.3) is 5.91 Å². The first-order valence-electron chi connectivity index (χ1n) is 5.37. The predicted molar refractivity (Wildman–Crippen MR) is 52.7 cm³/mol. The van der Waals surface area contributed by atoms with Gasteiger partial charge >= 0.3 is 0 Å². The molecule has 1 unspecified atom stereocenters. The molecule has 2 amide bonds. The lowest BCUT2D eigenvalue weighted by Gasteiger charge is -2.35. The van der Waals surface area contributed by atoms with Crippen molar-refractivity contribution in [2.45, 2.75) is 43.7 Å². The topological polar surface area (TPSA) is 83.6 Å². The normalized spacial score (nSPS) is 28.6. The highest BCUT2D eigenvalue weighted by Gasteiger charge is 2.52. The van der Waals surface area contributed by atoms with E-state index in [0.717, 1.165) is 12.8 Å². The van der Waals surface area contributed by atoms with Crippen molar-refractivity contribution in [3.8, 4) is 0 Å². The average molecular weight is 212 g/mol. The van der Waals surface area contributed by atoms with E-state index >= 15 is 0 Å². The minimum Gasteiger partial charge on any atom is -0.380 e. The van der Waals surface area contributed by atoms with Crippen molar-refractivity contribution < 1.29 is 14.7 Å². The number of carbonyl (C=O) groups is 2. The molecule has 0 bridgehead atoms. The highest BCUT2D eigenvalue weighted by atomic mass is 16.3. The summed E-state index contributed by atoms with van der Waals surface area (Å²) in [6.07, 6.45) is 3.43. The summed E-state index contributed by atoms with van der Waals surface area (Å²) in [6, 6.07) is -0.518. The standard InChI is InChI=1S/C10H16N2O3/c11-8(13)7-3-1-2-6-12(7)9(14)10(15)4-5-10/h7,15H,1-6H2,(H2,11,13). The number of nitrogens with zero attached hydrogens (tertiary/aromatic N) is 1. The van der Waals surface area contributed by atoms with Crippen LogP contribution in [0.5, 0.6) is 0 Å². The number of likely N-dealkylation sites (tertiary alicyclic amines) is 1. The molecule has 1 heterocycles. The molecule has 5 nitrogen and oxygen atoms in total. The van der Waals surface area contributed by atoms with E-state index in [1.165, 1.54) is 4.90 Å². The number of piperidine rings is 1. The van der Waals surface area contributed by atoms with Gasteiger partial charge in [-0.1, -0.05) is 0 Å². The Morgan fingerprint density at radius 1 is 1.33 bits per heavy atom. The van der Waals surface area contributed by atoms with Gasteiger partial charge in [-0.3, -0.25) is 9.59 Å². The molecular weight excluding hydrogens is 196 g/mol. The zero-order valence-corrected chi connectivity index (χ0v) is 8.61. The average Bonchev–Trinajstić information content (AvgIpc) is 2.96. The zero-order valence-electron chi connectivity index (χ0n) is 8.61. The van der Waals surface area contributed by atoms with E-state index in [2.05, 4.69) is 0 Å². The van der Waals surface area contributed by atoms with E-state index < -0.39 is 17.6 Å². The van der Waals surface area contributed by atoms with Gasteiger partial charge in [0.2, 0.25) is 5.91 Å². The summed E-state index contributed by atoms with van der Waals surface area (Å²) in [4.78, 5) is 24.5. The lowest BCUT2D eigenvalue weighted by atomic mass is 10.0. The first kappa shape index (κ1) is 10.4. The van der Waals surface area contributed by atoms with Gasteiger partial charge in [0, 0.05) is 6.54 Å². The van der Waals surface area contributed by atoms with Crippen molar-refractivity contribution in [2.24, 2.45) is 5.73 Å². The first-order valence-corrected chi connectivity index (χ1v) is 5.37. The maximum atomic E-state index is 11.9. The van der Waals surface area contributed by atoms with Gasteiger partial charge < -0.3 is 15.7 Å². The van der Waals surface area contributed by atoms with E-state index in [0.29, 0.717) is 25.8 Å². The number of primary amides is 1. The Morgan fingerprint density at radius 3 is 2.53 bits per heavy atom. The van der Waals surface area contributed by atoms with E-state index in [1.54, 1.807) is 0 Å². The fraction of sp³-hybridized carbons (Fsp3) is 0.800. The highest BCUT2D eigenvalue weighted by Crippen LogP contribution is 2.38. The fourth-order valence-electron chi connectivity index (χ4n) is 2.07. The number of amides is 2. The second-order valence-electron chi connectivity index (χ2n) is 4.44. The molecule has 0 spiro atoms. The Labute approximate surface area is 88.2 Å². The van der Waals surface area contributed by atoms with Gasteiger partial charge in [0.15, 0.2) is 0 Å². The second-order valence-corrected chi connectivity index (χ2v) is 4.44. The summed E-state index contributed by atoms with van der Waals surface area (Å²) in [5.74, 6) is -0.779. The summed E-state index contributed by atoms with van der Waals surface area (Å²) < 4.78 is 0. The quantitative estimate of drug-likeness (QED) is 0.639. The van der Waals surface area contributed by atoms with Crippen LogP contribution in [-0.2, 0) is 9.59 Å². The third-order valence-electron chi connectivity index (χ3n) is 3.21. The Balaban J connectivity index is 2.10. The maximum absolute atomic E-state index is 11.9. The SMILES string of the molecule is NC(=O)C1CCCCN1C(=O)C1(O)CC1. The van der Waals surface area contributed by atoms with E-state index in [1.807, 2.05) is 0 Å². The van der Waals surface area contributed by atoms with Crippen LogP contribution in [0.1, 0.15) is 32.1 Å². The van der Waals surface area contributed by atoms with Crippen molar-refractivity contribution in [3.05, 3.63) is 0 Å². The molecule has 1 aliphatic carbocycles. The third-order valence-corrected chi connectivity index (χ3v) is 3.21. The minimum absolute atomic E-state index is 0.314. The highest BCUT2D eigenvalue weighted by molar-refractivity contribution is 5.92. The maximum Gasteiger partial charge on any atom is 0.255 e. The van der Waals surface area contributed by atoms with Gasteiger partial charge in [0.05, 0.1) is 0 Å². The van der Waals surface area contributed by atoms with Crippen molar-refractivity contribution in [1.29, 1.82) is 0 Å².